The van der Waals surface area contributed by atoms with Gasteiger partial charge in [-0.2, -0.15) is 0 Å². The predicted octanol–water partition coefficient (Wildman–Crippen LogP) is 1.01. The molecule has 1 atom stereocenters. The van der Waals surface area contributed by atoms with Gasteiger partial charge in [0.1, 0.15) is 5.54 Å². The van der Waals surface area contributed by atoms with Gasteiger partial charge in [-0.1, -0.05) is 20.8 Å². The highest BCUT2D eigenvalue weighted by atomic mass is 16.4. The predicted molar refractivity (Wildman–Crippen MR) is 49.3 cm³/mol. The van der Waals surface area contributed by atoms with Crippen LogP contribution in [-0.2, 0) is 9.59 Å². The quantitative estimate of drug-likeness (QED) is 0.678. The van der Waals surface area contributed by atoms with Crippen molar-refractivity contribution in [2.45, 2.75) is 40.2 Å². The number of rotatable bonds is 2. The minimum Gasteiger partial charge on any atom is -0.479 e. The fourth-order valence-corrected chi connectivity index (χ4v) is 0.914. The molecule has 0 saturated heterocycles. The third kappa shape index (κ3) is 2.44. The molecule has 0 radical (unpaired) electrons. The zero-order valence-electron chi connectivity index (χ0n) is 8.76. The summed E-state index contributed by atoms with van der Waals surface area (Å²) in [4.78, 5) is 21.8. The molecule has 4 nitrogen and oxygen atoms in total. The van der Waals surface area contributed by atoms with Gasteiger partial charge in [0, 0.05) is 6.92 Å². The summed E-state index contributed by atoms with van der Waals surface area (Å²) in [5.74, 6) is -1.35. The summed E-state index contributed by atoms with van der Waals surface area (Å²) in [5.41, 5.74) is -1.75. The molecule has 0 bridgehead atoms. The van der Waals surface area contributed by atoms with Crippen LogP contribution >= 0.6 is 0 Å². The minimum atomic E-state index is -1.22. The Morgan fingerprint density at radius 1 is 1.15 bits per heavy atom. The molecule has 1 unspecified atom stereocenters. The SMILES string of the molecule is CC(=O)NC(C)(C(=O)O)C(C)(C)C. The van der Waals surface area contributed by atoms with Gasteiger partial charge in [-0.15, -0.1) is 0 Å². The van der Waals surface area contributed by atoms with Crippen molar-refractivity contribution in [3.8, 4) is 0 Å². The largest absolute Gasteiger partial charge is 0.479 e. The molecule has 1 amide bonds. The minimum absolute atomic E-state index is 0.333. The van der Waals surface area contributed by atoms with E-state index in [4.69, 9.17) is 5.11 Å². The fraction of sp³-hybridized carbons (Fsp3) is 0.778. The maximum atomic E-state index is 11.0. The molecule has 0 aromatic rings. The van der Waals surface area contributed by atoms with Gasteiger partial charge >= 0.3 is 5.97 Å². The van der Waals surface area contributed by atoms with Crippen molar-refractivity contribution in [3.05, 3.63) is 0 Å². The van der Waals surface area contributed by atoms with Crippen LogP contribution in [0.5, 0.6) is 0 Å². The normalized spacial score (nSPS) is 16.1. The molecule has 76 valence electrons. The van der Waals surface area contributed by atoms with Gasteiger partial charge in [0.15, 0.2) is 0 Å². The van der Waals surface area contributed by atoms with Crippen molar-refractivity contribution in [2.75, 3.05) is 0 Å². The zero-order valence-corrected chi connectivity index (χ0v) is 8.76. The molecule has 0 saturated carbocycles. The van der Waals surface area contributed by atoms with E-state index < -0.39 is 16.9 Å². The lowest BCUT2D eigenvalue weighted by molar-refractivity contribution is -0.151. The van der Waals surface area contributed by atoms with E-state index in [0.29, 0.717) is 0 Å². The fourth-order valence-electron chi connectivity index (χ4n) is 0.914. The van der Waals surface area contributed by atoms with Gasteiger partial charge in [-0.05, 0) is 12.3 Å². The van der Waals surface area contributed by atoms with E-state index >= 15 is 0 Å². The summed E-state index contributed by atoms with van der Waals surface area (Å²) in [5, 5.41) is 11.5. The number of carboxylic acids is 1. The standard InChI is InChI=1S/C9H17NO3/c1-6(11)10-9(5,7(12)13)8(2,3)4/h1-5H3,(H,10,11)(H,12,13). The summed E-state index contributed by atoms with van der Waals surface area (Å²) >= 11 is 0. The van der Waals surface area contributed by atoms with Crippen molar-refractivity contribution >= 4 is 11.9 Å². The van der Waals surface area contributed by atoms with E-state index in [9.17, 15) is 9.59 Å². The van der Waals surface area contributed by atoms with Crippen LogP contribution in [0.1, 0.15) is 34.6 Å². The molecule has 0 aromatic carbocycles. The molecule has 0 spiro atoms. The smallest absolute Gasteiger partial charge is 0.329 e. The monoisotopic (exact) mass is 187 g/mol. The highest BCUT2D eigenvalue weighted by Gasteiger charge is 2.45. The Balaban J connectivity index is 4.96. The van der Waals surface area contributed by atoms with Crippen LogP contribution in [0.3, 0.4) is 0 Å². The Bertz CT molecular complexity index is 230. The zero-order chi connectivity index (χ0) is 10.9. The van der Waals surface area contributed by atoms with Crippen LogP contribution in [0.4, 0.5) is 0 Å². The Morgan fingerprint density at radius 2 is 1.54 bits per heavy atom. The average molecular weight is 187 g/mol. The van der Waals surface area contributed by atoms with E-state index in [0.717, 1.165) is 0 Å². The molecule has 0 rings (SSSR count). The lowest BCUT2D eigenvalue weighted by Crippen LogP contribution is -2.59. The molecular weight excluding hydrogens is 170 g/mol. The van der Waals surface area contributed by atoms with Gasteiger partial charge in [-0.25, -0.2) is 4.79 Å². The number of hydrogen-bond acceptors (Lipinski definition) is 2. The van der Waals surface area contributed by atoms with Gasteiger partial charge in [0.2, 0.25) is 5.91 Å². The maximum Gasteiger partial charge on any atom is 0.329 e. The van der Waals surface area contributed by atoms with Crippen molar-refractivity contribution in [1.29, 1.82) is 0 Å². The van der Waals surface area contributed by atoms with Crippen molar-refractivity contribution < 1.29 is 14.7 Å². The second-order valence-electron chi connectivity index (χ2n) is 4.36. The lowest BCUT2D eigenvalue weighted by Gasteiger charge is -2.38. The molecule has 0 heterocycles. The Morgan fingerprint density at radius 3 is 1.62 bits per heavy atom. The number of carbonyl (C=O) groups excluding carboxylic acids is 1. The molecule has 4 heteroatoms. The number of hydrogen-bond donors (Lipinski definition) is 2. The van der Waals surface area contributed by atoms with Crippen LogP contribution in [0, 0.1) is 5.41 Å². The van der Waals surface area contributed by atoms with Crippen LogP contribution in [0.2, 0.25) is 0 Å². The summed E-state index contributed by atoms with van der Waals surface area (Å²) < 4.78 is 0. The third-order valence-corrected chi connectivity index (χ3v) is 2.35. The number of nitrogens with one attached hydrogen (secondary N) is 1. The molecular formula is C9H17NO3. The summed E-state index contributed by atoms with van der Waals surface area (Å²) in [6.45, 7) is 8.15. The molecule has 2 N–H and O–H groups in total. The first-order chi connectivity index (χ1) is 5.61. The summed E-state index contributed by atoms with van der Waals surface area (Å²) in [6, 6.07) is 0. The molecule has 0 aromatic heterocycles. The van der Waals surface area contributed by atoms with Gasteiger partial charge < -0.3 is 10.4 Å². The molecule has 13 heavy (non-hydrogen) atoms. The number of amides is 1. The first kappa shape index (κ1) is 11.9. The molecule has 0 aliphatic rings. The van der Waals surface area contributed by atoms with Gasteiger partial charge in [-0.3, -0.25) is 4.79 Å². The number of carbonyl (C=O) groups is 2. The lowest BCUT2D eigenvalue weighted by atomic mass is 9.75. The maximum absolute atomic E-state index is 11.0. The summed E-state index contributed by atoms with van der Waals surface area (Å²) in [6.07, 6.45) is 0. The second kappa shape index (κ2) is 3.36. The second-order valence-corrected chi connectivity index (χ2v) is 4.36. The van der Waals surface area contributed by atoms with E-state index in [2.05, 4.69) is 5.32 Å². The van der Waals surface area contributed by atoms with Crippen LogP contribution in [0.15, 0.2) is 0 Å². The van der Waals surface area contributed by atoms with Crippen molar-refractivity contribution in [3.63, 3.8) is 0 Å². The molecule has 0 fully saturated rings. The van der Waals surface area contributed by atoms with Crippen molar-refractivity contribution in [1.82, 2.24) is 5.32 Å². The topological polar surface area (TPSA) is 66.4 Å². The molecule has 0 aliphatic heterocycles. The van der Waals surface area contributed by atoms with Crippen LogP contribution in [-0.4, -0.2) is 22.5 Å². The Labute approximate surface area is 78.3 Å². The van der Waals surface area contributed by atoms with E-state index in [1.54, 1.807) is 20.8 Å². The van der Waals surface area contributed by atoms with Gasteiger partial charge in [0.25, 0.3) is 0 Å². The van der Waals surface area contributed by atoms with E-state index in [-0.39, 0.29) is 5.91 Å². The van der Waals surface area contributed by atoms with E-state index in [1.807, 2.05) is 0 Å². The van der Waals surface area contributed by atoms with Crippen LogP contribution in [0.25, 0.3) is 0 Å². The Kier molecular flexibility index (Phi) is 3.08. The first-order valence-electron chi connectivity index (χ1n) is 4.13. The van der Waals surface area contributed by atoms with E-state index in [1.165, 1.54) is 13.8 Å². The highest BCUT2D eigenvalue weighted by molar-refractivity contribution is 5.86. The third-order valence-electron chi connectivity index (χ3n) is 2.35. The van der Waals surface area contributed by atoms with Gasteiger partial charge in [0.05, 0.1) is 0 Å². The number of aliphatic carboxylic acids is 1. The Hall–Kier alpha value is -1.06. The number of carboxylic acid groups (broad SMARTS) is 1. The molecule has 0 aliphatic carbocycles. The average Bonchev–Trinajstić information content (AvgIpc) is 1.82. The summed E-state index contributed by atoms with van der Waals surface area (Å²) in [7, 11) is 0. The van der Waals surface area contributed by atoms with Crippen LogP contribution < -0.4 is 5.32 Å². The first-order valence-corrected chi connectivity index (χ1v) is 4.13. The highest BCUT2D eigenvalue weighted by Crippen LogP contribution is 2.30. The van der Waals surface area contributed by atoms with Crippen molar-refractivity contribution in [2.24, 2.45) is 5.41 Å².